The van der Waals surface area contributed by atoms with Crippen molar-refractivity contribution in [1.29, 1.82) is 0 Å². The van der Waals surface area contributed by atoms with Gasteiger partial charge >= 0.3 is 5.97 Å². The van der Waals surface area contributed by atoms with Gasteiger partial charge in [-0.1, -0.05) is 48.6 Å². The molecule has 2 aliphatic carbocycles. The lowest BCUT2D eigenvalue weighted by Gasteiger charge is -2.27. The molecule has 212 valence electrons. The number of benzene rings is 2. The Morgan fingerprint density at radius 1 is 0.976 bits per heavy atom. The number of carboxylic acids is 1. The first-order valence-corrected chi connectivity index (χ1v) is 14.0. The Labute approximate surface area is 238 Å². The number of hydrogen-bond donors (Lipinski definition) is 3. The molecule has 3 aromatic rings. The highest BCUT2D eigenvalue weighted by Gasteiger charge is 2.27. The number of allylic oxidation sites excluding steroid dienone is 5. The van der Waals surface area contributed by atoms with Crippen molar-refractivity contribution < 1.29 is 23.9 Å². The Morgan fingerprint density at radius 2 is 1.73 bits per heavy atom. The monoisotopic (exact) mass is 555 g/mol. The molecule has 1 aromatic heterocycles. The molecule has 0 unspecified atom stereocenters. The van der Waals surface area contributed by atoms with Gasteiger partial charge in [-0.05, 0) is 73.4 Å². The van der Waals surface area contributed by atoms with Crippen molar-refractivity contribution in [3.63, 3.8) is 0 Å². The first-order chi connectivity index (χ1) is 19.8. The van der Waals surface area contributed by atoms with Gasteiger partial charge in [0.2, 0.25) is 5.91 Å². The fourth-order valence-corrected chi connectivity index (χ4v) is 5.67. The zero-order chi connectivity index (χ0) is 28.9. The van der Waals surface area contributed by atoms with Crippen molar-refractivity contribution in [3.8, 4) is 0 Å². The van der Waals surface area contributed by atoms with Crippen molar-refractivity contribution in [1.82, 2.24) is 15.2 Å². The molecule has 0 saturated heterocycles. The van der Waals surface area contributed by atoms with Crippen LogP contribution in [0.25, 0.3) is 16.5 Å². The highest BCUT2D eigenvalue weighted by Crippen LogP contribution is 2.28. The van der Waals surface area contributed by atoms with Gasteiger partial charge in [0.05, 0.1) is 17.0 Å². The standard InChI is InChI=1S/C33H34FN3O4/c1-35-31(38)24-5-3-2-4-22(10-11-24)23-8-6-21(7-9-23)20-37-19-18-27-29(34)17-16-28(30(27)37)32(39)36-26-14-12-25(13-15-26)33(40)41/h2,4,6-11,16-19,25-26H,3,5,12-15,20H2,1H3,(H,35,38)(H,36,39)(H,40,41)/b4-2-,22-10+,24-11+. The maximum absolute atomic E-state index is 14.7. The van der Waals surface area contributed by atoms with Crippen LogP contribution in [0.1, 0.15) is 60.0 Å². The molecule has 0 atom stereocenters. The highest BCUT2D eigenvalue weighted by molar-refractivity contribution is 6.06. The molecule has 2 aromatic carbocycles. The zero-order valence-electron chi connectivity index (χ0n) is 23.0. The molecular formula is C33H34FN3O4. The lowest BCUT2D eigenvalue weighted by Crippen LogP contribution is -2.38. The van der Waals surface area contributed by atoms with E-state index < -0.39 is 5.97 Å². The normalized spacial score (nSPS) is 22.4. The van der Waals surface area contributed by atoms with Gasteiger partial charge in [0, 0.05) is 36.8 Å². The van der Waals surface area contributed by atoms with Crippen LogP contribution in [-0.2, 0) is 16.1 Å². The number of aliphatic carboxylic acids is 1. The molecule has 8 heteroatoms. The summed E-state index contributed by atoms with van der Waals surface area (Å²) in [5.41, 5.74) is 4.68. The van der Waals surface area contributed by atoms with E-state index in [1.54, 1.807) is 19.3 Å². The average molecular weight is 556 g/mol. The number of carbonyl (C=O) groups is 3. The summed E-state index contributed by atoms with van der Waals surface area (Å²) >= 11 is 0. The third kappa shape index (κ3) is 6.32. The first-order valence-electron chi connectivity index (χ1n) is 14.0. The number of rotatable bonds is 7. The van der Waals surface area contributed by atoms with E-state index in [-0.39, 0.29) is 29.6 Å². The van der Waals surface area contributed by atoms with E-state index in [1.807, 2.05) is 41.0 Å². The number of amides is 2. The molecule has 3 N–H and O–H groups in total. The molecular weight excluding hydrogens is 521 g/mol. The number of likely N-dealkylation sites (N-methyl/N-ethyl adjacent to an activating group) is 1. The Balaban J connectivity index is 1.35. The first kappa shape index (κ1) is 28.1. The van der Waals surface area contributed by atoms with Crippen molar-refractivity contribution in [2.24, 2.45) is 5.92 Å². The molecule has 1 saturated carbocycles. The van der Waals surface area contributed by atoms with Crippen LogP contribution in [0.4, 0.5) is 4.39 Å². The third-order valence-electron chi connectivity index (χ3n) is 8.03. The molecule has 0 aliphatic heterocycles. The Morgan fingerprint density at radius 3 is 2.44 bits per heavy atom. The summed E-state index contributed by atoms with van der Waals surface area (Å²) in [4.78, 5) is 36.7. The molecule has 0 radical (unpaired) electrons. The van der Waals surface area contributed by atoms with Crippen molar-refractivity contribution in [2.75, 3.05) is 7.05 Å². The van der Waals surface area contributed by atoms with Crippen LogP contribution in [0.2, 0.25) is 0 Å². The van der Waals surface area contributed by atoms with E-state index in [0.717, 1.165) is 28.7 Å². The van der Waals surface area contributed by atoms with Gasteiger partial charge in [0.1, 0.15) is 5.82 Å². The highest BCUT2D eigenvalue weighted by atomic mass is 19.1. The number of nitrogens with one attached hydrogen (secondary N) is 2. The molecule has 2 aliphatic rings. The van der Waals surface area contributed by atoms with Crippen LogP contribution < -0.4 is 10.6 Å². The Bertz CT molecular complexity index is 1560. The van der Waals surface area contributed by atoms with Gasteiger partial charge in [-0.3, -0.25) is 14.4 Å². The molecule has 2 amide bonds. The topological polar surface area (TPSA) is 100 Å². The SMILES string of the molecule is CNC(=O)/C1=C/C=C(c2ccc(Cn3ccc4c(F)ccc(C(=O)NC5CCC(C(=O)O)CC5)c43)cc2)\C=C/CC1. The van der Waals surface area contributed by atoms with Gasteiger partial charge in [-0.15, -0.1) is 0 Å². The van der Waals surface area contributed by atoms with Gasteiger partial charge in [-0.2, -0.15) is 0 Å². The van der Waals surface area contributed by atoms with Crippen molar-refractivity contribution in [2.45, 2.75) is 51.1 Å². The summed E-state index contributed by atoms with van der Waals surface area (Å²) in [6.45, 7) is 0.451. The third-order valence-corrected chi connectivity index (χ3v) is 8.03. The molecule has 7 nitrogen and oxygen atoms in total. The summed E-state index contributed by atoms with van der Waals surface area (Å²) in [5, 5.41) is 15.4. The van der Waals surface area contributed by atoms with E-state index in [2.05, 4.69) is 22.8 Å². The van der Waals surface area contributed by atoms with Gasteiger partial charge in [0.25, 0.3) is 5.91 Å². The van der Waals surface area contributed by atoms with E-state index in [1.165, 1.54) is 12.1 Å². The number of aromatic nitrogens is 1. The smallest absolute Gasteiger partial charge is 0.306 e. The second-order valence-electron chi connectivity index (χ2n) is 10.7. The Hall–Kier alpha value is -4.46. The minimum atomic E-state index is -0.786. The maximum atomic E-state index is 14.7. The van der Waals surface area contributed by atoms with Crippen LogP contribution in [0, 0.1) is 11.7 Å². The second-order valence-corrected chi connectivity index (χ2v) is 10.7. The van der Waals surface area contributed by atoms with Crippen LogP contribution in [0.15, 0.2) is 78.5 Å². The minimum absolute atomic E-state index is 0.0692. The van der Waals surface area contributed by atoms with Crippen LogP contribution >= 0.6 is 0 Å². The minimum Gasteiger partial charge on any atom is -0.481 e. The van der Waals surface area contributed by atoms with Crippen LogP contribution in [-0.4, -0.2) is 40.5 Å². The lowest BCUT2D eigenvalue weighted by molar-refractivity contribution is -0.142. The quantitative estimate of drug-likeness (QED) is 0.353. The number of hydrogen-bond acceptors (Lipinski definition) is 3. The molecule has 41 heavy (non-hydrogen) atoms. The van der Waals surface area contributed by atoms with Gasteiger partial charge < -0.3 is 20.3 Å². The summed E-state index contributed by atoms with van der Waals surface area (Å²) in [6, 6.07) is 12.5. The van der Waals surface area contributed by atoms with Gasteiger partial charge in [-0.25, -0.2) is 4.39 Å². The van der Waals surface area contributed by atoms with Crippen LogP contribution in [0.3, 0.4) is 0 Å². The molecule has 0 spiro atoms. The fourth-order valence-electron chi connectivity index (χ4n) is 5.67. The average Bonchev–Trinajstić information content (AvgIpc) is 3.38. The summed E-state index contributed by atoms with van der Waals surface area (Å²) in [5.74, 6) is -1.89. The summed E-state index contributed by atoms with van der Waals surface area (Å²) < 4.78 is 16.6. The summed E-state index contributed by atoms with van der Waals surface area (Å²) in [7, 11) is 1.63. The predicted octanol–water partition coefficient (Wildman–Crippen LogP) is 5.61. The number of halogens is 1. The summed E-state index contributed by atoms with van der Waals surface area (Å²) in [6.07, 6.45) is 13.5. The van der Waals surface area contributed by atoms with Crippen molar-refractivity contribution in [3.05, 3.63) is 101 Å². The Kier molecular flexibility index (Phi) is 8.47. The van der Waals surface area contributed by atoms with E-state index >= 15 is 0 Å². The van der Waals surface area contributed by atoms with E-state index in [0.29, 0.717) is 55.1 Å². The fraction of sp³-hybridized carbons (Fsp3) is 0.303. The number of fused-ring (bicyclic) bond motifs is 1. The largest absolute Gasteiger partial charge is 0.481 e. The molecule has 1 heterocycles. The zero-order valence-corrected chi connectivity index (χ0v) is 23.0. The van der Waals surface area contributed by atoms with Crippen molar-refractivity contribution >= 4 is 34.3 Å². The lowest BCUT2D eigenvalue weighted by atomic mass is 9.86. The molecule has 1 fully saturated rings. The molecule has 5 rings (SSSR count). The molecule has 0 bridgehead atoms. The number of carbonyl (C=O) groups excluding carboxylic acids is 2. The van der Waals surface area contributed by atoms with Crippen LogP contribution in [0.5, 0.6) is 0 Å². The number of nitrogens with zero attached hydrogens (tertiary/aromatic N) is 1. The van der Waals surface area contributed by atoms with Gasteiger partial charge in [0.15, 0.2) is 0 Å². The second kappa shape index (κ2) is 12.4. The van der Waals surface area contributed by atoms with E-state index in [9.17, 15) is 23.9 Å². The number of carboxylic acid groups (broad SMARTS) is 1. The van der Waals surface area contributed by atoms with E-state index in [4.69, 9.17) is 0 Å². The maximum Gasteiger partial charge on any atom is 0.306 e. The predicted molar refractivity (Wildman–Crippen MR) is 157 cm³/mol.